The van der Waals surface area contributed by atoms with Crippen LogP contribution in [0.4, 0.5) is 23.3 Å². The Morgan fingerprint density at radius 3 is 1.53 bits per heavy atom. The molecule has 0 aromatic carbocycles. The second-order valence-corrected chi connectivity index (χ2v) is 14.6. The molecule has 0 bridgehead atoms. The molecule has 4 aliphatic rings. The normalized spacial score (nSPS) is 20.7. The Kier molecular flexibility index (Phi) is 11.5. The predicted octanol–water partition coefficient (Wildman–Crippen LogP) is 4.36. The topological polar surface area (TPSA) is 205 Å². The number of aromatic nitrogens is 10. The fraction of sp³-hybridized carbons (Fsp3) is 0.500. The average molecular weight is 840 g/mol. The summed E-state index contributed by atoms with van der Waals surface area (Å²) in [5.74, 6) is 1.78. The van der Waals surface area contributed by atoms with Crippen molar-refractivity contribution in [2.75, 3.05) is 89.7 Å². The summed E-state index contributed by atoms with van der Waals surface area (Å²) in [5.41, 5.74) is 2.58. The molecule has 0 amide bonds. The third-order valence-electron chi connectivity index (χ3n) is 10.3. The lowest BCUT2D eigenvalue weighted by atomic mass is 10.2. The van der Waals surface area contributed by atoms with E-state index < -0.39 is 0 Å². The predicted molar refractivity (Wildman–Crippen MR) is 213 cm³/mol. The van der Waals surface area contributed by atoms with Gasteiger partial charge in [-0.05, 0) is 26.0 Å². The average Bonchev–Trinajstić information content (AvgIpc) is 4.00. The molecule has 0 radical (unpaired) electrons. The summed E-state index contributed by atoms with van der Waals surface area (Å²) in [4.78, 5) is 28.8. The van der Waals surface area contributed by atoms with Crippen LogP contribution in [0.3, 0.4) is 0 Å². The van der Waals surface area contributed by atoms with E-state index in [4.69, 9.17) is 51.6 Å². The van der Waals surface area contributed by atoms with E-state index in [2.05, 4.69) is 60.5 Å². The molecule has 10 rings (SSSR count). The first-order chi connectivity index (χ1) is 28.4. The van der Waals surface area contributed by atoms with Crippen molar-refractivity contribution >= 4 is 68.5 Å². The Labute approximate surface area is 342 Å². The number of nitrogens with one attached hydrogen (secondary N) is 4. The monoisotopic (exact) mass is 838 g/mol. The van der Waals surface area contributed by atoms with E-state index in [9.17, 15) is 0 Å². The van der Waals surface area contributed by atoms with E-state index in [-0.39, 0.29) is 12.5 Å². The third kappa shape index (κ3) is 7.97. The van der Waals surface area contributed by atoms with Crippen LogP contribution in [0.2, 0.25) is 10.3 Å². The van der Waals surface area contributed by atoms with Crippen molar-refractivity contribution in [1.82, 2.24) is 59.3 Å². The van der Waals surface area contributed by atoms with Crippen LogP contribution in [0, 0.1) is 0 Å². The van der Waals surface area contributed by atoms with Crippen molar-refractivity contribution < 1.29 is 28.4 Å². The van der Waals surface area contributed by atoms with Crippen LogP contribution in [0.5, 0.6) is 11.8 Å². The molecule has 6 aromatic rings. The van der Waals surface area contributed by atoms with Gasteiger partial charge in [0.25, 0.3) is 0 Å². The number of ether oxygens (including phenoxy) is 6. The molecule has 6 aromatic heterocycles. The van der Waals surface area contributed by atoms with Crippen molar-refractivity contribution in [3.05, 3.63) is 47.2 Å². The van der Waals surface area contributed by atoms with Crippen molar-refractivity contribution in [3.63, 3.8) is 0 Å². The van der Waals surface area contributed by atoms with Gasteiger partial charge in [0.2, 0.25) is 23.7 Å². The van der Waals surface area contributed by atoms with E-state index in [1.807, 2.05) is 26.0 Å². The van der Waals surface area contributed by atoms with Crippen LogP contribution in [0.25, 0.3) is 22.1 Å². The molecule has 2 unspecified atom stereocenters. The Balaban J connectivity index is 0.000000150. The minimum Gasteiger partial charge on any atom is -0.477 e. The molecular formula is C36H44Cl2N14O6. The highest BCUT2D eigenvalue weighted by atomic mass is 35.5. The van der Waals surface area contributed by atoms with Crippen molar-refractivity contribution in [3.8, 4) is 11.8 Å². The molecule has 4 fully saturated rings. The standard InChI is InChI=1S/2C18H22ClN7O3/c2*1-2-28-17-12-3-4-20-16(12)23-18(24-17)22-13-7-21-26(15(13)19)14-8-25(5-6-29-14)11-9-27-10-11/h2*3-4,7,11,14H,2,5-6,8-10H2,1H3,(H2,20,22,23,24). The maximum atomic E-state index is 6.60. The summed E-state index contributed by atoms with van der Waals surface area (Å²) in [7, 11) is 0. The number of rotatable bonds is 12. The van der Waals surface area contributed by atoms with Gasteiger partial charge in [-0.2, -0.15) is 30.1 Å². The van der Waals surface area contributed by atoms with Crippen LogP contribution in [-0.2, 0) is 18.9 Å². The van der Waals surface area contributed by atoms with Gasteiger partial charge >= 0.3 is 0 Å². The number of morpholine rings is 2. The first-order valence-electron chi connectivity index (χ1n) is 19.3. The zero-order valence-electron chi connectivity index (χ0n) is 31.9. The number of anilines is 4. The summed E-state index contributed by atoms with van der Waals surface area (Å²) in [6.45, 7) is 12.4. The summed E-state index contributed by atoms with van der Waals surface area (Å²) in [6, 6.07) is 4.67. The van der Waals surface area contributed by atoms with Gasteiger partial charge in [-0.1, -0.05) is 23.2 Å². The van der Waals surface area contributed by atoms with E-state index in [1.165, 1.54) is 0 Å². The molecule has 4 saturated heterocycles. The molecule has 58 heavy (non-hydrogen) atoms. The molecule has 308 valence electrons. The molecule has 22 heteroatoms. The number of nitrogens with zero attached hydrogens (tertiary/aromatic N) is 10. The van der Waals surface area contributed by atoms with Crippen LogP contribution in [-0.4, -0.2) is 150 Å². The molecule has 0 spiro atoms. The molecule has 10 heterocycles. The second-order valence-electron chi connectivity index (χ2n) is 13.9. The fourth-order valence-corrected chi connectivity index (χ4v) is 7.56. The quantitative estimate of drug-likeness (QED) is 0.135. The smallest absolute Gasteiger partial charge is 0.232 e. The van der Waals surface area contributed by atoms with E-state index in [0.717, 1.165) is 50.3 Å². The lowest BCUT2D eigenvalue weighted by Gasteiger charge is -2.41. The lowest BCUT2D eigenvalue weighted by Crippen LogP contribution is -2.54. The van der Waals surface area contributed by atoms with Gasteiger partial charge in [-0.15, -0.1) is 0 Å². The third-order valence-corrected chi connectivity index (χ3v) is 11.0. The molecule has 4 N–H and O–H groups in total. The van der Waals surface area contributed by atoms with Gasteiger partial charge in [-0.3, -0.25) is 9.80 Å². The first-order valence-corrected chi connectivity index (χ1v) is 20.0. The van der Waals surface area contributed by atoms with Gasteiger partial charge < -0.3 is 49.0 Å². The van der Waals surface area contributed by atoms with Gasteiger partial charge in [0.05, 0.1) is 99.5 Å². The Bertz CT molecular complexity index is 2170. The largest absolute Gasteiger partial charge is 0.477 e. The highest BCUT2D eigenvalue weighted by molar-refractivity contribution is 6.32. The SMILES string of the molecule is CCOc1nc(Nc2cnn(C3CN(C4COC4)CCO3)c2Cl)nc2[nH]ccc12.CCOc1nc(Nc2cnn(C3CN(C4COC4)CCO3)c2Cl)nc2[nH]ccc12. The lowest BCUT2D eigenvalue weighted by molar-refractivity contribution is -0.134. The number of halogens is 2. The molecule has 20 nitrogen and oxygen atoms in total. The van der Waals surface area contributed by atoms with Gasteiger partial charge in [0.1, 0.15) is 11.3 Å². The number of hydrogen-bond donors (Lipinski definition) is 4. The number of fused-ring (bicyclic) bond motifs is 2. The Morgan fingerprint density at radius 1 is 0.690 bits per heavy atom. The Hall–Kier alpha value is -4.80. The summed E-state index contributed by atoms with van der Waals surface area (Å²) in [6.07, 6.45) is 6.40. The zero-order valence-corrected chi connectivity index (χ0v) is 33.4. The molecular weight excluding hydrogens is 795 g/mol. The minimum absolute atomic E-state index is 0.252. The second kappa shape index (κ2) is 17.2. The molecule has 2 atom stereocenters. The van der Waals surface area contributed by atoms with E-state index in [1.54, 1.807) is 34.2 Å². The minimum atomic E-state index is -0.252. The van der Waals surface area contributed by atoms with Gasteiger partial charge in [-0.25, -0.2) is 9.36 Å². The van der Waals surface area contributed by atoms with Gasteiger partial charge in [0, 0.05) is 38.6 Å². The highest BCUT2D eigenvalue weighted by Crippen LogP contribution is 2.33. The summed E-state index contributed by atoms with van der Waals surface area (Å²) >= 11 is 13.2. The van der Waals surface area contributed by atoms with Gasteiger partial charge in [0.15, 0.2) is 22.8 Å². The van der Waals surface area contributed by atoms with Crippen LogP contribution in [0.1, 0.15) is 26.3 Å². The maximum Gasteiger partial charge on any atom is 0.232 e. The van der Waals surface area contributed by atoms with E-state index >= 15 is 0 Å². The van der Waals surface area contributed by atoms with Crippen molar-refractivity contribution in [1.29, 1.82) is 0 Å². The first kappa shape index (κ1) is 38.7. The molecule has 0 saturated carbocycles. The fourth-order valence-electron chi connectivity index (χ4n) is 7.06. The molecule has 4 aliphatic heterocycles. The Morgan fingerprint density at radius 2 is 1.14 bits per heavy atom. The highest BCUT2D eigenvalue weighted by Gasteiger charge is 2.34. The summed E-state index contributed by atoms with van der Waals surface area (Å²) < 4.78 is 37.1. The van der Waals surface area contributed by atoms with Crippen LogP contribution >= 0.6 is 23.2 Å². The maximum absolute atomic E-state index is 6.60. The van der Waals surface area contributed by atoms with Crippen LogP contribution in [0.15, 0.2) is 36.9 Å². The summed E-state index contributed by atoms with van der Waals surface area (Å²) in [5, 5.41) is 17.7. The number of hydrogen-bond acceptors (Lipinski definition) is 16. The zero-order chi connectivity index (χ0) is 39.6. The number of H-pyrrole nitrogens is 2. The molecule has 0 aliphatic carbocycles. The van der Waals surface area contributed by atoms with Crippen molar-refractivity contribution in [2.45, 2.75) is 38.4 Å². The van der Waals surface area contributed by atoms with E-state index in [0.29, 0.717) is 108 Å². The number of aromatic amines is 2. The van der Waals surface area contributed by atoms with Crippen molar-refractivity contribution in [2.24, 2.45) is 0 Å². The van der Waals surface area contributed by atoms with Crippen LogP contribution < -0.4 is 20.1 Å².